The number of amides is 1. The number of nitrogens with one attached hydrogen (secondary N) is 1. The molecule has 4 aromatic rings. The molecule has 0 radical (unpaired) electrons. The van der Waals surface area contributed by atoms with Crippen LogP contribution < -0.4 is 20.8 Å². The maximum Gasteiger partial charge on any atom is 0.259 e. The highest BCUT2D eigenvalue weighted by Crippen LogP contribution is 2.24. The van der Waals surface area contributed by atoms with Crippen molar-refractivity contribution in [1.82, 2.24) is 9.55 Å². The molecule has 3 aromatic carbocycles. The Morgan fingerprint density at radius 3 is 2.62 bits per heavy atom. The largest absolute Gasteiger partial charge is 0.497 e. The molecule has 0 aliphatic rings. The van der Waals surface area contributed by atoms with Crippen molar-refractivity contribution in [3.8, 4) is 17.2 Å². The number of methoxy groups -OCH3 is 1. The predicted molar refractivity (Wildman–Crippen MR) is 108 cm³/mol. The van der Waals surface area contributed by atoms with Crippen LogP contribution in [0.4, 0.5) is 5.69 Å². The average Bonchev–Trinajstić information content (AvgIpc) is 3.18. The Morgan fingerprint density at radius 2 is 1.86 bits per heavy atom. The van der Waals surface area contributed by atoms with Gasteiger partial charge in [-0.05, 0) is 48.5 Å². The average molecular weight is 390 g/mol. The molecule has 0 unspecified atom stereocenters. The highest BCUT2D eigenvalue weighted by atomic mass is 17.3. The number of hydrogen-bond acceptors (Lipinski definition) is 6. The number of nitrogens with two attached hydrogens (primary N) is 1. The zero-order valence-electron chi connectivity index (χ0n) is 15.5. The maximum absolute atomic E-state index is 12.5. The predicted octanol–water partition coefficient (Wildman–Crippen LogP) is 3.47. The van der Waals surface area contributed by atoms with E-state index in [9.17, 15) is 4.79 Å². The normalized spacial score (nSPS) is 10.7. The first-order chi connectivity index (χ1) is 14.2. The number of nitrogens with zero attached hydrogens (tertiary/aromatic N) is 2. The van der Waals surface area contributed by atoms with Gasteiger partial charge in [-0.15, -0.1) is 0 Å². The van der Waals surface area contributed by atoms with Gasteiger partial charge in [-0.1, -0.05) is 17.1 Å². The number of hydrogen-bond donors (Lipinski definition) is 2. The number of anilines is 1. The molecule has 0 saturated heterocycles. The summed E-state index contributed by atoms with van der Waals surface area (Å²) < 4.78 is 7.20. The Bertz CT molecular complexity index is 1160. The van der Waals surface area contributed by atoms with E-state index < -0.39 is 0 Å². The van der Waals surface area contributed by atoms with E-state index in [1.54, 1.807) is 37.7 Å². The first kappa shape index (κ1) is 18.5. The molecule has 0 spiro atoms. The summed E-state index contributed by atoms with van der Waals surface area (Å²) in [5.74, 6) is 5.57. The molecule has 146 valence electrons. The number of aromatic nitrogens is 2. The lowest BCUT2D eigenvalue weighted by atomic mass is 10.2. The fraction of sp³-hybridized carbons (Fsp3) is 0.0476. The van der Waals surface area contributed by atoms with E-state index in [0.29, 0.717) is 11.3 Å². The first-order valence-electron chi connectivity index (χ1n) is 8.75. The molecule has 0 aliphatic carbocycles. The van der Waals surface area contributed by atoms with Crippen LogP contribution in [-0.2, 0) is 4.99 Å². The van der Waals surface area contributed by atoms with Crippen LogP contribution in [0.1, 0.15) is 10.4 Å². The number of carbonyl (C=O) groups excluding carboxylic acids is 1. The van der Waals surface area contributed by atoms with Gasteiger partial charge in [0.15, 0.2) is 5.75 Å². The Balaban J connectivity index is 1.55. The molecule has 1 heterocycles. The Labute approximate surface area is 166 Å². The molecule has 0 fully saturated rings. The van der Waals surface area contributed by atoms with Gasteiger partial charge in [0.25, 0.3) is 5.91 Å². The summed E-state index contributed by atoms with van der Waals surface area (Å²) >= 11 is 0. The van der Waals surface area contributed by atoms with Crippen molar-refractivity contribution in [1.29, 1.82) is 0 Å². The van der Waals surface area contributed by atoms with Gasteiger partial charge < -0.3 is 14.9 Å². The summed E-state index contributed by atoms with van der Waals surface area (Å²) in [6, 6.07) is 19.8. The zero-order valence-corrected chi connectivity index (χ0v) is 15.5. The van der Waals surface area contributed by atoms with Crippen molar-refractivity contribution in [2.24, 2.45) is 5.90 Å². The van der Waals surface area contributed by atoms with Crippen molar-refractivity contribution in [2.45, 2.75) is 0 Å². The van der Waals surface area contributed by atoms with Crippen LogP contribution in [-0.4, -0.2) is 22.6 Å². The van der Waals surface area contributed by atoms with Gasteiger partial charge in [-0.2, -0.15) is 5.90 Å². The molecule has 4 rings (SSSR count). The summed E-state index contributed by atoms with van der Waals surface area (Å²) in [7, 11) is 1.62. The number of imidazole rings is 1. The first-order valence-corrected chi connectivity index (χ1v) is 8.75. The van der Waals surface area contributed by atoms with Crippen LogP contribution in [0.2, 0.25) is 0 Å². The summed E-state index contributed by atoms with van der Waals surface area (Å²) in [5, 5.41) is 2.83. The standard InChI is InChI=1S/C21H18N4O4/c1-27-16-10-11-19-18(12-16)23-13-25(19)15-8-6-14(7-9-15)24-21(26)17-4-2-3-5-20(17)28-29-22/h2-13H,22H2,1H3,(H,24,26). The summed E-state index contributed by atoms with van der Waals surface area (Å²) in [6.07, 6.45) is 1.75. The Morgan fingerprint density at radius 1 is 1.07 bits per heavy atom. The molecule has 3 N–H and O–H groups in total. The number of para-hydroxylation sites is 1. The lowest BCUT2D eigenvalue weighted by Gasteiger charge is -2.10. The van der Waals surface area contributed by atoms with Crippen LogP contribution in [0, 0.1) is 0 Å². The second-order valence-electron chi connectivity index (χ2n) is 6.15. The van der Waals surface area contributed by atoms with Gasteiger partial charge >= 0.3 is 0 Å². The second kappa shape index (κ2) is 8.01. The van der Waals surface area contributed by atoms with E-state index in [2.05, 4.69) is 15.3 Å². The highest BCUT2D eigenvalue weighted by molar-refractivity contribution is 6.06. The number of benzene rings is 3. The maximum atomic E-state index is 12.5. The van der Waals surface area contributed by atoms with Crippen molar-refractivity contribution in [2.75, 3.05) is 12.4 Å². The van der Waals surface area contributed by atoms with Crippen LogP contribution in [0.15, 0.2) is 73.1 Å². The minimum atomic E-state index is -0.342. The van der Waals surface area contributed by atoms with Crippen molar-refractivity contribution in [3.05, 3.63) is 78.6 Å². The number of ether oxygens (including phenoxy) is 1. The number of carbonyl (C=O) groups is 1. The van der Waals surface area contributed by atoms with Crippen molar-refractivity contribution >= 4 is 22.6 Å². The molecule has 8 nitrogen and oxygen atoms in total. The van der Waals surface area contributed by atoms with Crippen LogP contribution >= 0.6 is 0 Å². The molecule has 0 saturated carbocycles. The molecular formula is C21H18N4O4. The van der Waals surface area contributed by atoms with Gasteiger partial charge in [0.1, 0.15) is 12.1 Å². The summed E-state index contributed by atoms with van der Waals surface area (Å²) in [5.41, 5.74) is 3.64. The SMILES string of the molecule is COc1ccc2c(c1)ncn2-c1ccc(NC(=O)c2ccccc2OON)cc1. The molecule has 8 heteroatoms. The van der Waals surface area contributed by atoms with Crippen LogP contribution in [0.5, 0.6) is 11.5 Å². The van der Waals surface area contributed by atoms with E-state index in [4.69, 9.17) is 15.5 Å². The minimum absolute atomic E-state index is 0.226. The number of fused-ring (bicyclic) bond motifs is 1. The molecule has 29 heavy (non-hydrogen) atoms. The third-order valence-corrected chi connectivity index (χ3v) is 4.43. The van der Waals surface area contributed by atoms with E-state index in [-0.39, 0.29) is 11.7 Å². The van der Waals surface area contributed by atoms with Crippen molar-refractivity contribution in [3.63, 3.8) is 0 Å². The van der Waals surface area contributed by atoms with Gasteiger partial charge in [0.2, 0.25) is 0 Å². The number of rotatable bonds is 6. The van der Waals surface area contributed by atoms with E-state index in [0.717, 1.165) is 22.5 Å². The molecule has 0 bridgehead atoms. The van der Waals surface area contributed by atoms with E-state index in [1.165, 1.54) is 0 Å². The van der Waals surface area contributed by atoms with Crippen LogP contribution in [0.25, 0.3) is 16.7 Å². The van der Waals surface area contributed by atoms with Gasteiger partial charge in [0, 0.05) is 17.4 Å². The fourth-order valence-electron chi connectivity index (χ4n) is 3.01. The van der Waals surface area contributed by atoms with E-state index in [1.807, 2.05) is 47.0 Å². The smallest absolute Gasteiger partial charge is 0.259 e. The van der Waals surface area contributed by atoms with Crippen LogP contribution in [0.3, 0.4) is 0 Å². The highest BCUT2D eigenvalue weighted by Gasteiger charge is 2.13. The third kappa shape index (κ3) is 3.75. The molecule has 0 atom stereocenters. The van der Waals surface area contributed by atoms with Crippen molar-refractivity contribution < 1.29 is 19.4 Å². The summed E-state index contributed by atoms with van der Waals surface area (Å²) in [6.45, 7) is 0. The molecule has 1 aromatic heterocycles. The fourth-order valence-corrected chi connectivity index (χ4v) is 3.01. The lowest BCUT2D eigenvalue weighted by Crippen LogP contribution is -2.14. The van der Waals surface area contributed by atoms with E-state index >= 15 is 0 Å². The topological polar surface area (TPSA) is 101 Å². The molecular weight excluding hydrogens is 372 g/mol. The van der Waals surface area contributed by atoms with Gasteiger partial charge in [0.05, 0.1) is 23.7 Å². The monoisotopic (exact) mass is 390 g/mol. The van der Waals surface area contributed by atoms with Gasteiger partial charge in [-0.25, -0.2) is 4.98 Å². The van der Waals surface area contributed by atoms with Gasteiger partial charge in [-0.3, -0.25) is 9.36 Å². The Hall–Kier alpha value is -3.88. The second-order valence-corrected chi connectivity index (χ2v) is 6.15. The molecule has 0 aliphatic heterocycles. The lowest BCUT2D eigenvalue weighted by molar-refractivity contribution is -0.211. The minimum Gasteiger partial charge on any atom is -0.497 e. The third-order valence-electron chi connectivity index (χ3n) is 4.43. The Kier molecular flexibility index (Phi) is 5.10. The zero-order chi connectivity index (χ0) is 20.2. The quantitative estimate of drug-likeness (QED) is 0.386. The molecule has 1 amide bonds. The summed E-state index contributed by atoms with van der Waals surface area (Å²) in [4.78, 5) is 26.0.